The van der Waals surface area contributed by atoms with Crippen molar-refractivity contribution in [2.45, 2.75) is 50.7 Å². The van der Waals surface area contributed by atoms with Crippen molar-refractivity contribution in [2.24, 2.45) is 0 Å². The van der Waals surface area contributed by atoms with Gasteiger partial charge in [0.1, 0.15) is 0 Å². The van der Waals surface area contributed by atoms with E-state index in [4.69, 9.17) is 30.8 Å². The molecule has 1 aliphatic heterocycles. The van der Waals surface area contributed by atoms with Gasteiger partial charge in [-0.15, -0.1) is 0 Å². The van der Waals surface area contributed by atoms with Crippen molar-refractivity contribution in [3.05, 3.63) is 106 Å². The number of likely N-dealkylation sites (tertiary alicyclic amines) is 1. The number of benzene rings is 3. The Labute approximate surface area is 298 Å². The van der Waals surface area contributed by atoms with Crippen LogP contribution < -0.4 is 19.5 Å². The van der Waals surface area contributed by atoms with E-state index in [0.717, 1.165) is 72.4 Å². The second kappa shape index (κ2) is 15.8. The Morgan fingerprint density at radius 2 is 1.76 bits per heavy atom. The fourth-order valence-corrected chi connectivity index (χ4v) is 7.38. The van der Waals surface area contributed by atoms with Gasteiger partial charge >= 0.3 is 0 Å². The van der Waals surface area contributed by atoms with Gasteiger partial charge in [0.05, 0.1) is 38.5 Å². The number of carbonyl (C=O) groups excluding carboxylic acids is 1. The summed E-state index contributed by atoms with van der Waals surface area (Å²) in [6.07, 6.45) is 6.81. The number of aromatic amines is 1. The Morgan fingerprint density at radius 1 is 1.02 bits per heavy atom. The Hall–Kier alpha value is -4.80. The number of imidazole rings is 1. The van der Waals surface area contributed by atoms with Gasteiger partial charge in [0.25, 0.3) is 5.91 Å². The number of H-pyrrole nitrogens is 1. The molecule has 10 nitrogen and oxygen atoms in total. The highest BCUT2D eigenvalue weighted by Gasteiger charge is 2.36. The van der Waals surface area contributed by atoms with Gasteiger partial charge in [-0.05, 0) is 72.4 Å². The first kappa shape index (κ1) is 35.0. The normalized spacial score (nSPS) is 15.0. The van der Waals surface area contributed by atoms with Gasteiger partial charge in [0.2, 0.25) is 11.7 Å². The molecule has 1 aliphatic rings. The van der Waals surface area contributed by atoms with Crippen LogP contribution in [0.25, 0.3) is 11.0 Å². The number of amides is 1. The molecule has 50 heavy (non-hydrogen) atoms. The molecule has 2 atom stereocenters. The number of fused-ring (bicyclic) bond motifs is 1. The molecule has 0 aliphatic carbocycles. The van der Waals surface area contributed by atoms with Crippen LogP contribution in [0.5, 0.6) is 17.2 Å². The predicted octanol–water partition coefficient (Wildman–Crippen LogP) is 7.40. The van der Waals surface area contributed by atoms with Crippen LogP contribution in [0.15, 0.2) is 79.1 Å². The van der Waals surface area contributed by atoms with Crippen LogP contribution in [0.2, 0.25) is 5.02 Å². The number of para-hydroxylation sites is 1. The molecule has 0 saturated carbocycles. The number of rotatable bonds is 13. The second-order valence-electron chi connectivity index (χ2n) is 12.7. The lowest BCUT2D eigenvalue weighted by atomic mass is 9.90. The van der Waals surface area contributed by atoms with Gasteiger partial charge in [-0.25, -0.2) is 4.98 Å². The molecule has 2 N–H and O–H groups in total. The largest absolute Gasteiger partial charge is 0.493 e. The summed E-state index contributed by atoms with van der Waals surface area (Å²) in [4.78, 5) is 31.3. The van der Waals surface area contributed by atoms with Gasteiger partial charge in [-0.2, -0.15) is 0 Å². The van der Waals surface area contributed by atoms with Gasteiger partial charge in [-0.3, -0.25) is 14.7 Å². The molecule has 1 amide bonds. The molecule has 0 bridgehead atoms. The molecule has 1 fully saturated rings. The maximum atomic E-state index is 14.3. The molecule has 1 saturated heterocycles. The molecule has 2 unspecified atom stereocenters. The molecule has 2 aromatic heterocycles. The minimum absolute atomic E-state index is 0.0165. The van der Waals surface area contributed by atoms with E-state index in [1.54, 1.807) is 39.7 Å². The number of carbonyl (C=O) groups is 1. The lowest BCUT2D eigenvalue weighted by Crippen LogP contribution is -2.55. The number of nitrogens with zero attached hydrogens (tertiary/aromatic N) is 4. The van der Waals surface area contributed by atoms with E-state index in [2.05, 4.69) is 57.4 Å². The van der Waals surface area contributed by atoms with Crippen LogP contribution in [0.3, 0.4) is 0 Å². The fraction of sp³-hybridized carbons (Fsp3) is 0.359. The van der Waals surface area contributed by atoms with Crippen molar-refractivity contribution in [1.82, 2.24) is 24.8 Å². The highest BCUT2D eigenvalue weighted by molar-refractivity contribution is 6.30. The zero-order valence-electron chi connectivity index (χ0n) is 29.3. The van der Waals surface area contributed by atoms with Crippen LogP contribution in [-0.2, 0) is 6.42 Å². The number of nitrogens with one attached hydrogen (secondary N) is 2. The first-order chi connectivity index (χ1) is 24.3. The SMILES string of the molecule is CCC(c1cccc(Cl)c1)C(N1CCC(Nc2nc3c(Cc4cccnc4)cccc3[nH]2)CC1)N(C)C(=O)c1cc(OC)c(OC)c(OC)c1. The van der Waals surface area contributed by atoms with E-state index in [1.807, 2.05) is 42.4 Å². The average Bonchev–Trinajstić information content (AvgIpc) is 3.57. The molecular formula is C39H45ClN6O4. The molecule has 0 radical (unpaired) electrons. The third-order valence-corrected chi connectivity index (χ3v) is 9.90. The van der Waals surface area contributed by atoms with E-state index in [1.165, 1.54) is 0 Å². The van der Waals surface area contributed by atoms with Crippen molar-refractivity contribution in [3.8, 4) is 17.2 Å². The standard InChI is InChI=1S/C39H45ClN6O4/c1-6-31(26-11-7-13-29(40)21-26)37(45(2)38(47)28-22-33(48-3)36(50-5)34(23-28)49-4)46-18-15-30(16-19-46)42-39-43-32-14-8-12-27(35(32)44-39)20-25-10-9-17-41-24-25/h7-14,17,21-24,30-31,37H,6,15-16,18-20H2,1-5H3,(H2,42,43,44). The van der Waals surface area contributed by atoms with Gasteiger partial charge in [-0.1, -0.05) is 48.9 Å². The molecule has 6 rings (SSSR count). The molecule has 262 valence electrons. The van der Waals surface area contributed by atoms with Crippen molar-refractivity contribution >= 4 is 34.5 Å². The van der Waals surface area contributed by atoms with Crippen LogP contribution in [0.4, 0.5) is 5.95 Å². The van der Waals surface area contributed by atoms with Gasteiger partial charge < -0.3 is 29.4 Å². The number of pyridine rings is 1. The highest BCUT2D eigenvalue weighted by Crippen LogP contribution is 2.39. The number of hydrogen-bond acceptors (Lipinski definition) is 8. The molecule has 3 aromatic carbocycles. The summed E-state index contributed by atoms with van der Waals surface area (Å²) in [6.45, 7) is 3.74. The zero-order valence-corrected chi connectivity index (χ0v) is 30.0. The summed E-state index contributed by atoms with van der Waals surface area (Å²) in [5.41, 5.74) is 5.83. The summed E-state index contributed by atoms with van der Waals surface area (Å²) < 4.78 is 16.7. The zero-order chi connectivity index (χ0) is 35.2. The maximum Gasteiger partial charge on any atom is 0.255 e. The fourth-order valence-electron chi connectivity index (χ4n) is 7.18. The lowest BCUT2D eigenvalue weighted by Gasteiger charge is -2.45. The van der Waals surface area contributed by atoms with Crippen molar-refractivity contribution < 1.29 is 19.0 Å². The van der Waals surface area contributed by atoms with E-state index < -0.39 is 0 Å². The van der Waals surface area contributed by atoms with Crippen LogP contribution in [0, 0.1) is 0 Å². The van der Waals surface area contributed by atoms with Crippen molar-refractivity contribution in [2.75, 3.05) is 46.8 Å². The number of aromatic nitrogens is 3. The average molecular weight is 697 g/mol. The molecule has 3 heterocycles. The van der Waals surface area contributed by atoms with Crippen LogP contribution in [-0.4, -0.2) is 84.3 Å². The molecular weight excluding hydrogens is 652 g/mol. The van der Waals surface area contributed by atoms with Crippen molar-refractivity contribution in [1.29, 1.82) is 0 Å². The van der Waals surface area contributed by atoms with E-state index in [9.17, 15) is 4.79 Å². The smallest absolute Gasteiger partial charge is 0.255 e. The number of ether oxygens (including phenoxy) is 3. The van der Waals surface area contributed by atoms with E-state index >= 15 is 0 Å². The topological polar surface area (TPSA) is 105 Å². The number of likely N-dealkylation sites (N-methyl/N-ethyl adjacent to an activating group) is 1. The Bertz CT molecular complexity index is 1880. The number of methoxy groups -OCH3 is 3. The monoisotopic (exact) mass is 696 g/mol. The molecule has 0 spiro atoms. The summed E-state index contributed by atoms with van der Waals surface area (Å²) in [5, 5.41) is 4.35. The lowest BCUT2D eigenvalue weighted by molar-refractivity contribution is 0.0200. The Kier molecular flexibility index (Phi) is 11.1. The van der Waals surface area contributed by atoms with Crippen molar-refractivity contribution in [3.63, 3.8) is 0 Å². The van der Waals surface area contributed by atoms with Gasteiger partial charge in [0.15, 0.2) is 11.5 Å². The third kappa shape index (κ3) is 7.51. The summed E-state index contributed by atoms with van der Waals surface area (Å²) in [7, 11) is 6.53. The minimum atomic E-state index is -0.229. The summed E-state index contributed by atoms with van der Waals surface area (Å²) >= 11 is 6.49. The summed E-state index contributed by atoms with van der Waals surface area (Å²) in [5.74, 6) is 1.96. The first-order valence-corrected chi connectivity index (χ1v) is 17.4. The van der Waals surface area contributed by atoms with Crippen LogP contribution in [0.1, 0.15) is 59.2 Å². The minimum Gasteiger partial charge on any atom is -0.493 e. The third-order valence-electron chi connectivity index (χ3n) is 9.66. The number of halogens is 1. The predicted molar refractivity (Wildman–Crippen MR) is 198 cm³/mol. The summed E-state index contributed by atoms with van der Waals surface area (Å²) in [6, 6.07) is 21.9. The second-order valence-corrected chi connectivity index (χ2v) is 13.1. The number of anilines is 1. The van der Waals surface area contributed by atoms with Crippen LogP contribution >= 0.6 is 11.6 Å². The number of hydrogen-bond donors (Lipinski definition) is 2. The molecule has 11 heteroatoms. The molecule has 5 aromatic rings. The van der Waals surface area contributed by atoms with E-state index in [0.29, 0.717) is 27.8 Å². The first-order valence-electron chi connectivity index (χ1n) is 17.0. The highest BCUT2D eigenvalue weighted by atomic mass is 35.5. The Balaban J connectivity index is 1.23. The van der Waals surface area contributed by atoms with E-state index in [-0.39, 0.29) is 24.0 Å². The quantitative estimate of drug-likeness (QED) is 0.131. The Morgan fingerprint density at radius 3 is 2.40 bits per heavy atom. The van der Waals surface area contributed by atoms with Gasteiger partial charge in [0, 0.05) is 61.5 Å². The number of piperidine rings is 1. The maximum absolute atomic E-state index is 14.3.